The van der Waals surface area contributed by atoms with Crippen LogP contribution < -0.4 is 18.9 Å². The van der Waals surface area contributed by atoms with Crippen LogP contribution in [0.2, 0.25) is 0 Å². The largest absolute Gasteiger partial charge is 0.449 e. The molecule has 3 saturated carbocycles. The summed E-state index contributed by atoms with van der Waals surface area (Å²) in [5.74, 6) is 16.3. The maximum atomic E-state index is 5.55. The van der Waals surface area contributed by atoms with Crippen LogP contribution in [0.15, 0.2) is 229 Å². The minimum atomic E-state index is -0.688. The van der Waals surface area contributed by atoms with Gasteiger partial charge in [-0.25, -0.2) is 9.21 Å². The summed E-state index contributed by atoms with van der Waals surface area (Å²) in [7, 11) is -0.688. The SMILES string of the molecule is C=C1C=CC(C)=C1.C=C1CC=C(C)C1.C=C1CC=C(C)CC1.C=C1CCC(C)C1.C=C1CCC(C)CC1.C=C1Oc2ccc(C)cc2O1.C=S1(=C)CC=C(C)C1.CC1CCCCC1.Cc1ccc2c(c1)OC(C)(C)O2.Cc1ccccc1.Cc1ccccc1. The maximum Gasteiger partial charge on any atom is 0.282 e. The van der Waals surface area contributed by atoms with Crippen LogP contribution in [0, 0.1) is 45.4 Å². The third-order valence-corrected chi connectivity index (χ3v) is 17.9. The second-order valence-corrected chi connectivity index (χ2v) is 29.8. The fourth-order valence-electron chi connectivity index (χ4n) is 10.4. The lowest BCUT2D eigenvalue weighted by Crippen LogP contribution is -2.29. The van der Waals surface area contributed by atoms with Gasteiger partial charge in [-0.1, -0.05) is 262 Å². The van der Waals surface area contributed by atoms with E-state index in [1.54, 1.807) is 0 Å². The lowest BCUT2D eigenvalue weighted by molar-refractivity contribution is -0.0431. The predicted molar refractivity (Wildman–Crippen MR) is 398 cm³/mol. The van der Waals surface area contributed by atoms with Gasteiger partial charge in [0.15, 0.2) is 23.0 Å². The first-order valence-corrected chi connectivity index (χ1v) is 35.2. The fraction of sp³-hybridized carbons (Fsp3) is 0.429. The molecule has 3 heterocycles. The van der Waals surface area contributed by atoms with Crippen molar-refractivity contribution in [2.75, 3.05) is 11.5 Å². The Morgan fingerprint density at radius 1 is 0.449 bits per heavy atom. The van der Waals surface area contributed by atoms with Crippen LogP contribution in [0.5, 0.6) is 23.0 Å². The minimum absolute atomic E-state index is 0.352. The van der Waals surface area contributed by atoms with Gasteiger partial charge in [0.25, 0.3) is 5.95 Å². The Morgan fingerprint density at radius 2 is 0.955 bits per heavy atom. The van der Waals surface area contributed by atoms with Gasteiger partial charge in [0.05, 0.1) is 0 Å². The molecule has 4 aromatic rings. The molecule has 0 amide bonds. The zero-order valence-electron chi connectivity index (χ0n) is 58.1. The number of hydrogen-bond acceptors (Lipinski definition) is 4. The molecule has 0 N–H and O–H groups in total. The summed E-state index contributed by atoms with van der Waals surface area (Å²) in [6.07, 6.45) is 35.4. The van der Waals surface area contributed by atoms with Gasteiger partial charge in [-0.15, -0.1) is 0 Å². The van der Waals surface area contributed by atoms with Crippen molar-refractivity contribution in [1.29, 1.82) is 0 Å². The zero-order valence-corrected chi connectivity index (χ0v) is 58.9. The number of benzene rings is 4. The Morgan fingerprint density at radius 3 is 1.29 bits per heavy atom. The second kappa shape index (κ2) is 40.8. The topological polar surface area (TPSA) is 36.9 Å². The maximum absolute atomic E-state index is 5.55. The Balaban J connectivity index is 0.000000257. The molecule has 484 valence electrons. The van der Waals surface area contributed by atoms with Gasteiger partial charge < -0.3 is 18.9 Å². The van der Waals surface area contributed by atoms with Crippen molar-refractivity contribution in [1.82, 2.24) is 0 Å². The normalized spacial score (nSPS) is 19.2. The summed E-state index contributed by atoms with van der Waals surface area (Å²) in [6, 6.07) is 32.2. The van der Waals surface area contributed by atoms with Gasteiger partial charge in [0.2, 0.25) is 5.79 Å². The Hall–Kier alpha value is -6.69. The molecule has 6 aliphatic carbocycles. The van der Waals surface area contributed by atoms with Gasteiger partial charge >= 0.3 is 0 Å². The van der Waals surface area contributed by atoms with Crippen LogP contribution >= 0.6 is 9.21 Å². The molecule has 3 aliphatic heterocycles. The number of ether oxygens (including phenoxy) is 4. The summed E-state index contributed by atoms with van der Waals surface area (Å²) >= 11 is 0. The van der Waals surface area contributed by atoms with Gasteiger partial charge in [0, 0.05) is 25.4 Å². The van der Waals surface area contributed by atoms with Crippen LogP contribution in [0.25, 0.3) is 0 Å². The molecule has 89 heavy (non-hydrogen) atoms. The average molecular weight is 1220 g/mol. The van der Waals surface area contributed by atoms with Crippen molar-refractivity contribution in [3.05, 3.63) is 251 Å². The van der Waals surface area contributed by atoms with Crippen molar-refractivity contribution in [3.8, 4) is 23.0 Å². The molecule has 0 aromatic heterocycles. The van der Waals surface area contributed by atoms with Gasteiger partial charge in [0.1, 0.15) is 0 Å². The molecule has 0 spiro atoms. The summed E-state index contributed by atoms with van der Waals surface area (Å²) in [5.41, 5.74) is 17.5. The van der Waals surface area contributed by atoms with Crippen molar-refractivity contribution in [2.24, 2.45) is 17.8 Å². The van der Waals surface area contributed by atoms with Crippen LogP contribution in [-0.4, -0.2) is 29.0 Å². The van der Waals surface area contributed by atoms with E-state index in [2.05, 4.69) is 168 Å². The van der Waals surface area contributed by atoms with Crippen LogP contribution in [0.3, 0.4) is 0 Å². The Kier molecular flexibility index (Phi) is 35.1. The van der Waals surface area contributed by atoms with E-state index >= 15 is 0 Å². The molecule has 5 heteroatoms. The third-order valence-electron chi connectivity index (χ3n) is 15.9. The lowest BCUT2D eigenvalue weighted by atomic mass is 9.88. The number of rotatable bonds is 0. The van der Waals surface area contributed by atoms with Crippen molar-refractivity contribution < 1.29 is 18.9 Å². The summed E-state index contributed by atoms with van der Waals surface area (Å²) in [4.78, 5) is 0. The highest BCUT2D eigenvalue weighted by Crippen LogP contribution is 2.40. The monoisotopic (exact) mass is 1220 g/mol. The quantitative estimate of drug-likeness (QED) is 0.130. The van der Waals surface area contributed by atoms with Gasteiger partial charge in [-0.2, -0.15) is 0 Å². The Bertz CT molecular complexity index is 3100. The highest BCUT2D eigenvalue weighted by Gasteiger charge is 2.31. The summed E-state index contributed by atoms with van der Waals surface area (Å²) < 4.78 is 21.4. The van der Waals surface area contributed by atoms with Crippen LogP contribution in [0.4, 0.5) is 0 Å². The van der Waals surface area contributed by atoms with E-state index in [0.717, 1.165) is 82.7 Å². The van der Waals surface area contributed by atoms with Crippen molar-refractivity contribution >= 4 is 20.9 Å². The fourth-order valence-corrected chi connectivity index (χ4v) is 12.2. The molecule has 4 nitrogen and oxygen atoms in total. The van der Waals surface area contributed by atoms with Gasteiger partial charge in [-0.05, 0) is 198 Å². The van der Waals surface area contributed by atoms with E-state index in [1.165, 1.54) is 151 Å². The molecule has 9 aliphatic rings. The number of allylic oxidation sites excluding steroid dienone is 13. The molecule has 1 atom stereocenters. The summed E-state index contributed by atoms with van der Waals surface area (Å²) in [5, 5.41) is 0. The molecule has 0 saturated heterocycles. The molecule has 13 rings (SSSR count). The number of aryl methyl sites for hydroxylation is 4. The van der Waals surface area contributed by atoms with Crippen molar-refractivity contribution in [2.45, 2.75) is 205 Å². The highest BCUT2D eigenvalue weighted by molar-refractivity contribution is 8.28. The third kappa shape index (κ3) is 35.9. The van der Waals surface area contributed by atoms with E-state index in [1.807, 2.05) is 107 Å². The van der Waals surface area contributed by atoms with E-state index in [9.17, 15) is 0 Å². The van der Waals surface area contributed by atoms with E-state index in [4.69, 9.17) is 18.9 Å². The zero-order chi connectivity index (χ0) is 65.9. The molecular weight excluding hydrogens is 1100 g/mol. The van der Waals surface area contributed by atoms with Crippen molar-refractivity contribution in [3.63, 3.8) is 0 Å². The molecule has 4 aromatic carbocycles. The first kappa shape index (κ1) is 76.6. The van der Waals surface area contributed by atoms with E-state index < -0.39 is 15.0 Å². The number of fused-ring (bicyclic) bond motifs is 2. The average Bonchev–Trinajstić information content (AvgIpc) is 2.90. The van der Waals surface area contributed by atoms with Crippen LogP contribution in [-0.2, 0) is 0 Å². The first-order valence-electron chi connectivity index (χ1n) is 32.9. The molecule has 1 unspecified atom stereocenters. The smallest absolute Gasteiger partial charge is 0.282 e. The predicted octanol–water partition coefficient (Wildman–Crippen LogP) is 25.1. The lowest BCUT2D eigenvalue weighted by Gasteiger charge is -2.18. The molecular formula is C84H118O4S. The van der Waals surface area contributed by atoms with Gasteiger partial charge in [-0.3, -0.25) is 0 Å². The molecule has 0 bridgehead atoms. The number of hydrogen-bond donors (Lipinski definition) is 0. The second-order valence-electron chi connectivity index (χ2n) is 26.7. The Labute approximate surface area is 545 Å². The van der Waals surface area contributed by atoms with E-state index in [0.29, 0.717) is 5.95 Å². The standard InChI is InChI=1S/C10H12O2.C9H8O2.C8H14.C8H12.C7H12S.C7H12.C7H10.C7H8.C7H14.2C7H8/c1-7-4-5-8-9(6-7)12-10(2,3)11-8;1-6-3-4-8-9(5-6)11-7(2)10-8;2*1-7-3-5-8(2)6-4-7;1-7-4-5-8(2,3)6-7;3*1-6-3-4-7(2)5-6;3*1-7-5-3-2-4-6-7/h4-6H,1-3H3;3-5H,2H2,1H3;8H,1,3-6H2,2H3;5H,1,3-4,6H2,2H3;4H,2-3,5-6H2,1H3;7H,1,3-5H2,2H3;4H,1,3,5H2,2H3;3-5H,1H2,2H3;7H,2-6H2,1H3;2*2-6H,1H3. The summed E-state index contributed by atoms with van der Waals surface area (Å²) in [6.45, 7) is 50.5. The molecule has 3 fully saturated rings. The van der Waals surface area contributed by atoms with E-state index in [-0.39, 0.29) is 0 Å². The van der Waals surface area contributed by atoms with Crippen LogP contribution in [0.1, 0.15) is 194 Å². The highest BCUT2D eigenvalue weighted by atomic mass is 32.2. The molecule has 0 radical (unpaired) electrons. The minimum Gasteiger partial charge on any atom is -0.449 e. The first-order chi connectivity index (χ1) is 42.0.